The highest BCUT2D eigenvalue weighted by atomic mass is 32.2. The number of hydrogen-bond acceptors (Lipinski definition) is 6. The number of para-hydroxylation sites is 1. The van der Waals surface area contributed by atoms with Gasteiger partial charge in [0.2, 0.25) is 5.91 Å². The molecule has 1 amide bonds. The van der Waals surface area contributed by atoms with Crippen LogP contribution >= 0.6 is 0 Å². The summed E-state index contributed by atoms with van der Waals surface area (Å²) in [5.41, 5.74) is 0.973. The molecule has 0 aliphatic heterocycles. The van der Waals surface area contributed by atoms with E-state index < -0.39 is 22.5 Å². The fourth-order valence-electron chi connectivity index (χ4n) is 3.19. The van der Waals surface area contributed by atoms with Crippen molar-refractivity contribution in [2.45, 2.75) is 4.90 Å². The number of methoxy groups -OCH3 is 3. The minimum atomic E-state index is -4.13. The SMILES string of the molecule is COc1ccc(N(CC(=O)N(C)c2ccccc2)S(=O)(=O)c2ccc(OC)c(OC)c2)cc1. The first kappa shape index (κ1) is 23.9. The minimum absolute atomic E-state index is 0.0360. The van der Waals surface area contributed by atoms with Gasteiger partial charge in [-0.3, -0.25) is 9.10 Å². The highest BCUT2D eigenvalue weighted by Gasteiger charge is 2.29. The van der Waals surface area contributed by atoms with Crippen LogP contribution in [0.2, 0.25) is 0 Å². The van der Waals surface area contributed by atoms with Gasteiger partial charge in [0, 0.05) is 18.8 Å². The molecule has 0 fully saturated rings. The maximum absolute atomic E-state index is 13.7. The Bertz CT molecular complexity index is 1200. The first-order valence-corrected chi connectivity index (χ1v) is 11.5. The molecule has 33 heavy (non-hydrogen) atoms. The summed E-state index contributed by atoms with van der Waals surface area (Å²) in [6.07, 6.45) is 0. The standard InChI is InChI=1S/C24H26N2O6S/c1-25(18-8-6-5-7-9-18)24(27)17-26(19-10-12-20(30-2)13-11-19)33(28,29)21-14-15-22(31-3)23(16-21)32-4/h5-16H,17H2,1-4H3. The van der Waals surface area contributed by atoms with Crippen LogP contribution in [-0.2, 0) is 14.8 Å². The van der Waals surface area contributed by atoms with Crippen molar-refractivity contribution in [1.29, 1.82) is 0 Å². The highest BCUT2D eigenvalue weighted by Crippen LogP contribution is 2.32. The number of ether oxygens (including phenoxy) is 3. The molecule has 0 N–H and O–H groups in total. The van der Waals surface area contributed by atoms with Crippen LogP contribution in [0.1, 0.15) is 0 Å². The summed E-state index contributed by atoms with van der Waals surface area (Å²) in [5.74, 6) is 0.823. The molecule has 0 saturated heterocycles. The Morgan fingerprint density at radius 2 is 1.42 bits per heavy atom. The monoisotopic (exact) mass is 470 g/mol. The van der Waals surface area contributed by atoms with E-state index in [2.05, 4.69) is 0 Å². The van der Waals surface area contributed by atoms with Crippen molar-refractivity contribution in [2.24, 2.45) is 0 Å². The first-order valence-electron chi connectivity index (χ1n) is 10.0. The van der Waals surface area contributed by atoms with Gasteiger partial charge >= 0.3 is 0 Å². The van der Waals surface area contributed by atoms with E-state index in [1.54, 1.807) is 55.6 Å². The van der Waals surface area contributed by atoms with Crippen LogP contribution in [-0.4, -0.2) is 49.2 Å². The van der Waals surface area contributed by atoms with E-state index in [1.807, 2.05) is 6.07 Å². The Kier molecular flexibility index (Phi) is 7.44. The number of benzene rings is 3. The van der Waals surface area contributed by atoms with Gasteiger partial charge < -0.3 is 19.1 Å². The second-order valence-corrected chi connectivity index (χ2v) is 8.88. The summed E-state index contributed by atoms with van der Waals surface area (Å²) >= 11 is 0. The second-order valence-electron chi connectivity index (χ2n) is 7.01. The van der Waals surface area contributed by atoms with Gasteiger partial charge in [-0.25, -0.2) is 8.42 Å². The number of likely N-dealkylation sites (N-methyl/N-ethyl adjacent to an activating group) is 1. The minimum Gasteiger partial charge on any atom is -0.497 e. The number of sulfonamides is 1. The molecule has 3 rings (SSSR count). The topological polar surface area (TPSA) is 85.4 Å². The zero-order valence-corrected chi connectivity index (χ0v) is 19.7. The van der Waals surface area contributed by atoms with E-state index in [-0.39, 0.29) is 10.6 Å². The summed E-state index contributed by atoms with van der Waals surface area (Å²) in [7, 11) is 1.88. The molecule has 0 saturated carbocycles. The highest BCUT2D eigenvalue weighted by molar-refractivity contribution is 7.92. The van der Waals surface area contributed by atoms with Crippen molar-refractivity contribution in [3.8, 4) is 17.2 Å². The number of anilines is 2. The third kappa shape index (κ3) is 5.20. The van der Waals surface area contributed by atoms with E-state index in [1.165, 1.54) is 44.4 Å². The van der Waals surface area contributed by atoms with Crippen molar-refractivity contribution in [1.82, 2.24) is 0 Å². The molecule has 0 spiro atoms. The number of amides is 1. The van der Waals surface area contributed by atoms with Crippen molar-refractivity contribution < 1.29 is 27.4 Å². The third-order valence-corrected chi connectivity index (χ3v) is 6.87. The Balaban J connectivity index is 2.03. The van der Waals surface area contributed by atoms with Crippen LogP contribution in [0.3, 0.4) is 0 Å². The molecule has 8 nitrogen and oxygen atoms in total. The normalized spacial score (nSPS) is 10.9. The van der Waals surface area contributed by atoms with Gasteiger partial charge in [0.15, 0.2) is 11.5 Å². The van der Waals surface area contributed by atoms with Crippen LogP contribution in [0, 0.1) is 0 Å². The zero-order chi connectivity index (χ0) is 24.0. The van der Waals surface area contributed by atoms with Gasteiger partial charge in [0.1, 0.15) is 12.3 Å². The maximum atomic E-state index is 13.7. The van der Waals surface area contributed by atoms with Crippen molar-refractivity contribution in [2.75, 3.05) is 44.1 Å². The van der Waals surface area contributed by atoms with E-state index >= 15 is 0 Å². The van der Waals surface area contributed by atoms with Gasteiger partial charge in [-0.1, -0.05) is 18.2 Å². The van der Waals surface area contributed by atoms with Gasteiger partial charge in [-0.05, 0) is 48.5 Å². The van der Waals surface area contributed by atoms with Crippen LogP contribution in [0.4, 0.5) is 11.4 Å². The van der Waals surface area contributed by atoms with Crippen molar-refractivity contribution in [3.05, 3.63) is 72.8 Å². The molecular formula is C24H26N2O6S. The Hall–Kier alpha value is -3.72. The Labute approximate surface area is 194 Å². The molecule has 3 aromatic carbocycles. The summed E-state index contributed by atoms with van der Waals surface area (Å²) in [4.78, 5) is 14.5. The third-order valence-electron chi connectivity index (χ3n) is 5.10. The van der Waals surface area contributed by atoms with E-state index in [0.717, 1.165) is 4.31 Å². The number of hydrogen-bond donors (Lipinski definition) is 0. The predicted molar refractivity (Wildman–Crippen MR) is 127 cm³/mol. The van der Waals surface area contributed by atoms with Crippen molar-refractivity contribution in [3.63, 3.8) is 0 Å². The van der Waals surface area contributed by atoms with E-state index in [4.69, 9.17) is 14.2 Å². The largest absolute Gasteiger partial charge is 0.497 e. The van der Waals surface area contributed by atoms with Crippen LogP contribution in [0.25, 0.3) is 0 Å². The molecule has 0 radical (unpaired) electrons. The Morgan fingerprint density at radius 3 is 2.00 bits per heavy atom. The smallest absolute Gasteiger partial charge is 0.264 e. The average molecular weight is 471 g/mol. The molecule has 0 aliphatic rings. The first-order chi connectivity index (χ1) is 15.8. The Morgan fingerprint density at radius 1 is 0.788 bits per heavy atom. The van der Waals surface area contributed by atoms with Crippen molar-refractivity contribution >= 4 is 27.3 Å². The average Bonchev–Trinajstić information content (AvgIpc) is 2.86. The van der Waals surface area contributed by atoms with E-state index in [9.17, 15) is 13.2 Å². The molecular weight excluding hydrogens is 444 g/mol. The lowest BCUT2D eigenvalue weighted by Gasteiger charge is -2.27. The molecule has 0 unspecified atom stereocenters. The van der Waals surface area contributed by atoms with Gasteiger partial charge in [-0.15, -0.1) is 0 Å². The molecule has 0 aliphatic carbocycles. The lowest BCUT2D eigenvalue weighted by atomic mass is 10.3. The van der Waals surface area contributed by atoms with Crippen LogP contribution in [0.5, 0.6) is 17.2 Å². The maximum Gasteiger partial charge on any atom is 0.264 e. The van der Waals surface area contributed by atoms with Crippen LogP contribution < -0.4 is 23.4 Å². The fourth-order valence-corrected chi connectivity index (χ4v) is 4.62. The second kappa shape index (κ2) is 10.3. The van der Waals surface area contributed by atoms with Gasteiger partial charge in [0.05, 0.1) is 31.9 Å². The summed E-state index contributed by atoms with van der Waals surface area (Å²) < 4.78 is 44.1. The lowest BCUT2D eigenvalue weighted by molar-refractivity contribution is -0.116. The lowest BCUT2D eigenvalue weighted by Crippen LogP contribution is -2.41. The molecule has 9 heteroatoms. The number of carbonyl (C=O) groups is 1. The van der Waals surface area contributed by atoms with E-state index in [0.29, 0.717) is 22.9 Å². The van der Waals surface area contributed by atoms with Gasteiger partial charge in [0.25, 0.3) is 10.0 Å². The molecule has 0 bridgehead atoms. The molecule has 0 heterocycles. The quantitative estimate of drug-likeness (QED) is 0.475. The zero-order valence-electron chi connectivity index (χ0n) is 18.9. The summed E-state index contributed by atoms with van der Waals surface area (Å²) in [6.45, 7) is -0.408. The molecule has 0 atom stereocenters. The number of rotatable bonds is 9. The summed E-state index contributed by atoms with van der Waals surface area (Å²) in [5, 5.41) is 0. The van der Waals surface area contributed by atoms with Crippen LogP contribution in [0.15, 0.2) is 77.7 Å². The predicted octanol–water partition coefficient (Wildman–Crippen LogP) is 3.57. The van der Waals surface area contributed by atoms with Gasteiger partial charge in [-0.2, -0.15) is 0 Å². The summed E-state index contributed by atoms with van der Waals surface area (Å²) in [6, 6.07) is 19.8. The molecule has 0 aromatic heterocycles. The number of nitrogens with zero attached hydrogens (tertiary/aromatic N) is 2. The number of carbonyl (C=O) groups excluding carboxylic acids is 1. The molecule has 174 valence electrons. The fraction of sp³-hybridized carbons (Fsp3) is 0.208. The molecule has 3 aromatic rings.